The van der Waals surface area contributed by atoms with Gasteiger partial charge in [-0.25, -0.2) is 4.79 Å². The number of nitrogens with zero attached hydrogens (tertiary/aromatic N) is 2. The predicted molar refractivity (Wildman–Crippen MR) is 52.1 cm³/mol. The highest BCUT2D eigenvalue weighted by Crippen LogP contribution is 2.21. The van der Waals surface area contributed by atoms with E-state index in [2.05, 4.69) is 10.2 Å². The van der Waals surface area contributed by atoms with Crippen LogP contribution in [0.4, 0.5) is 4.79 Å². The molecule has 0 unspecified atom stereocenters. The van der Waals surface area contributed by atoms with Gasteiger partial charge in [0.2, 0.25) is 11.8 Å². The van der Waals surface area contributed by atoms with Crippen LogP contribution in [0, 0.1) is 6.92 Å². The minimum Gasteiger partial charge on any atom is -0.416 e. The van der Waals surface area contributed by atoms with Crippen LogP contribution in [0.25, 0.3) is 0 Å². The van der Waals surface area contributed by atoms with Crippen molar-refractivity contribution in [2.75, 3.05) is 0 Å². The maximum atomic E-state index is 11.2. The van der Waals surface area contributed by atoms with E-state index in [1.807, 2.05) is 5.32 Å². The van der Waals surface area contributed by atoms with Crippen molar-refractivity contribution in [3.8, 4) is 0 Å². The second-order valence-corrected chi connectivity index (χ2v) is 3.99. The van der Waals surface area contributed by atoms with Gasteiger partial charge in [-0.3, -0.25) is 10.1 Å². The lowest BCUT2D eigenvalue weighted by Crippen LogP contribution is -2.39. The van der Waals surface area contributed by atoms with E-state index < -0.39 is 17.2 Å². The molecule has 1 heterocycles. The van der Waals surface area contributed by atoms with Crippen molar-refractivity contribution in [3.63, 3.8) is 0 Å². The van der Waals surface area contributed by atoms with Crippen LogP contribution in [-0.4, -0.2) is 27.4 Å². The summed E-state index contributed by atoms with van der Waals surface area (Å²) in [5.41, 5.74) is 4.80. The molecule has 0 aliphatic heterocycles. The molecular weight excluding hydrogens is 220 g/mol. The van der Waals surface area contributed by atoms with E-state index in [9.17, 15) is 9.59 Å². The van der Waals surface area contributed by atoms with Crippen molar-refractivity contribution in [2.24, 2.45) is 5.73 Å². The number of thioether (sulfide) groups is 1. The van der Waals surface area contributed by atoms with Crippen LogP contribution in [0.15, 0.2) is 9.64 Å². The molecule has 0 bridgehead atoms. The smallest absolute Gasteiger partial charge is 0.318 e. The fourth-order valence-electron chi connectivity index (χ4n) is 0.754. The van der Waals surface area contributed by atoms with Crippen molar-refractivity contribution in [2.45, 2.75) is 24.3 Å². The third-order valence-corrected chi connectivity index (χ3v) is 2.33. The first kappa shape index (κ1) is 11.5. The van der Waals surface area contributed by atoms with Gasteiger partial charge in [-0.05, 0) is 6.92 Å². The minimum absolute atomic E-state index is 0.277. The van der Waals surface area contributed by atoms with Crippen molar-refractivity contribution in [1.29, 1.82) is 0 Å². The summed E-state index contributed by atoms with van der Waals surface area (Å²) in [6.07, 6.45) is 0. The highest BCUT2D eigenvalue weighted by Gasteiger charge is 2.18. The first-order valence-electron chi connectivity index (χ1n) is 4.06. The number of nitrogens with two attached hydrogens (primary N) is 1. The standard InChI is InChI=1S/C7H10N4O3S/c1-3(5(12)9-6(8)13)15-7-11-10-4(2)14-7/h3H,1-2H3,(H3,8,9,12,13)/t3-/m0/s1. The third kappa shape index (κ3) is 3.58. The third-order valence-electron chi connectivity index (χ3n) is 1.40. The Balaban J connectivity index is 2.51. The van der Waals surface area contributed by atoms with E-state index in [0.717, 1.165) is 11.8 Å². The first-order valence-corrected chi connectivity index (χ1v) is 4.94. The van der Waals surface area contributed by atoms with Gasteiger partial charge >= 0.3 is 6.03 Å². The maximum Gasteiger partial charge on any atom is 0.318 e. The van der Waals surface area contributed by atoms with Crippen LogP contribution in [0.3, 0.4) is 0 Å². The van der Waals surface area contributed by atoms with E-state index in [-0.39, 0.29) is 5.22 Å². The molecule has 0 fully saturated rings. The van der Waals surface area contributed by atoms with Gasteiger partial charge in [0.15, 0.2) is 0 Å². The molecule has 1 aromatic rings. The van der Waals surface area contributed by atoms with E-state index in [1.165, 1.54) is 0 Å². The molecule has 82 valence electrons. The molecule has 3 amide bonds. The summed E-state index contributed by atoms with van der Waals surface area (Å²) < 4.78 is 5.05. The number of carbonyl (C=O) groups is 2. The molecule has 1 rings (SSSR count). The van der Waals surface area contributed by atoms with Crippen LogP contribution in [0.5, 0.6) is 0 Å². The van der Waals surface area contributed by atoms with Gasteiger partial charge in [0, 0.05) is 6.92 Å². The molecule has 0 spiro atoms. The molecular formula is C7H10N4O3S. The van der Waals surface area contributed by atoms with Crippen LogP contribution in [-0.2, 0) is 4.79 Å². The summed E-state index contributed by atoms with van der Waals surface area (Å²) in [4.78, 5) is 21.6. The fourth-order valence-corrected chi connectivity index (χ4v) is 1.48. The summed E-state index contributed by atoms with van der Waals surface area (Å²) in [6, 6.07) is -0.880. The Bertz CT molecular complexity index is 378. The van der Waals surface area contributed by atoms with Gasteiger partial charge in [-0.1, -0.05) is 11.8 Å². The number of hydrogen-bond donors (Lipinski definition) is 2. The Hall–Kier alpha value is -1.57. The SMILES string of the molecule is Cc1nnc(S[C@@H](C)C(=O)NC(N)=O)o1. The van der Waals surface area contributed by atoms with Gasteiger partial charge in [-0.2, -0.15) is 0 Å². The van der Waals surface area contributed by atoms with Gasteiger partial charge in [0.25, 0.3) is 5.22 Å². The second-order valence-electron chi connectivity index (χ2n) is 2.70. The molecule has 3 N–H and O–H groups in total. The first-order chi connectivity index (χ1) is 6.99. The topological polar surface area (TPSA) is 111 Å². The number of hydrogen-bond acceptors (Lipinski definition) is 6. The zero-order valence-corrected chi connectivity index (χ0v) is 9.00. The molecule has 15 heavy (non-hydrogen) atoms. The zero-order valence-electron chi connectivity index (χ0n) is 8.18. The van der Waals surface area contributed by atoms with E-state index >= 15 is 0 Å². The van der Waals surface area contributed by atoms with Crippen LogP contribution in [0.1, 0.15) is 12.8 Å². The summed E-state index contributed by atoms with van der Waals surface area (Å²) >= 11 is 1.05. The van der Waals surface area contributed by atoms with Crippen LogP contribution in [0.2, 0.25) is 0 Å². The Morgan fingerprint density at radius 2 is 2.20 bits per heavy atom. The molecule has 0 saturated carbocycles. The number of rotatable bonds is 3. The van der Waals surface area contributed by atoms with Crippen molar-refractivity contribution >= 4 is 23.7 Å². The monoisotopic (exact) mass is 230 g/mol. The van der Waals surface area contributed by atoms with E-state index in [4.69, 9.17) is 10.2 Å². The minimum atomic E-state index is -0.880. The Morgan fingerprint density at radius 3 is 2.67 bits per heavy atom. The van der Waals surface area contributed by atoms with Gasteiger partial charge in [-0.15, -0.1) is 10.2 Å². The Labute approximate surface area is 89.8 Å². The van der Waals surface area contributed by atoms with Gasteiger partial charge < -0.3 is 10.2 Å². The number of urea groups is 1. The fraction of sp³-hybridized carbons (Fsp3) is 0.429. The van der Waals surface area contributed by atoms with E-state index in [1.54, 1.807) is 13.8 Å². The summed E-state index contributed by atoms with van der Waals surface area (Å²) in [6.45, 7) is 3.24. The molecule has 0 aromatic carbocycles. The molecule has 0 saturated heterocycles. The maximum absolute atomic E-state index is 11.2. The molecule has 7 nitrogen and oxygen atoms in total. The number of amides is 3. The molecule has 0 radical (unpaired) electrons. The van der Waals surface area contributed by atoms with Crippen LogP contribution < -0.4 is 11.1 Å². The largest absolute Gasteiger partial charge is 0.416 e. The quantitative estimate of drug-likeness (QED) is 0.710. The number of primary amides is 1. The lowest BCUT2D eigenvalue weighted by molar-refractivity contribution is -0.119. The summed E-state index contributed by atoms with van der Waals surface area (Å²) in [7, 11) is 0. The highest BCUT2D eigenvalue weighted by molar-refractivity contribution is 8.00. The Morgan fingerprint density at radius 1 is 1.53 bits per heavy atom. The summed E-state index contributed by atoms with van der Waals surface area (Å²) in [5.74, 6) is -0.0802. The normalized spacial score (nSPS) is 12.1. The average Bonchev–Trinajstić information content (AvgIpc) is 2.50. The number of imide groups is 1. The summed E-state index contributed by atoms with van der Waals surface area (Å²) in [5, 5.41) is 9.00. The molecule has 0 aliphatic carbocycles. The number of aromatic nitrogens is 2. The average molecular weight is 230 g/mol. The van der Waals surface area contributed by atoms with E-state index in [0.29, 0.717) is 5.89 Å². The lowest BCUT2D eigenvalue weighted by atomic mass is 10.4. The van der Waals surface area contributed by atoms with Crippen LogP contribution >= 0.6 is 11.8 Å². The lowest BCUT2D eigenvalue weighted by Gasteiger charge is -2.06. The number of carbonyl (C=O) groups excluding carboxylic acids is 2. The second kappa shape index (κ2) is 4.78. The highest BCUT2D eigenvalue weighted by atomic mass is 32.2. The number of nitrogens with one attached hydrogen (secondary N) is 1. The van der Waals surface area contributed by atoms with Crippen molar-refractivity contribution in [1.82, 2.24) is 15.5 Å². The molecule has 1 aromatic heterocycles. The van der Waals surface area contributed by atoms with Gasteiger partial charge in [0.05, 0.1) is 5.25 Å². The zero-order chi connectivity index (χ0) is 11.4. The molecule has 1 atom stereocenters. The van der Waals surface area contributed by atoms with Crippen molar-refractivity contribution < 1.29 is 14.0 Å². The predicted octanol–water partition coefficient (Wildman–Crippen LogP) is 0.0535. The van der Waals surface area contributed by atoms with Crippen molar-refractivity contribution in [3.05, 3.63) is 5.89 Å². The van der Waals surface area contributed by atoms with Gasteiger partial charge in [0.1, 0.15) is 0 Å². The number of aryl methyl sites for hydroxylation is 1. The molecule has 0 aliphatic rings. The molecule has 8 heteroatoms. The Kier molecular flexibility index (Phi) is 3.67.